The van der Waals surface area contributed by atoms with E-state index in [4.69, 9.17) is 0 Å². The average Bonchev–Trinajstić information content (AvgIpc) is 2.49. The van der Waals surface area contributed by atoms with Crippen LogP contribution in [0.5, 0.6) is 0 Å². The molecule has 4 rings (SSSR count). The lowest BCUT2D eigenvalue weighted by atomic mass is 9.54. The molecule has 0 bridgehead atoms. The number of benzene rings is 2. The van der Waals surface area contributed by atoms with E-state index in [0.29, 0.717) is 11.8 Å². The Labute approximate surface area is 134 Å². The van der Waals surface area contributed by atoms with Gasteiger partial charge in [-0.2, -0.15) is 0 Å². The van der Waals surface area contributed by atoms with Crippen LogP contribution in [0.3, 0.4) is 0 Å². The van der Waals surface area contributed by atoms with E-state index >= 15 is 0 Å². The minimum absolute atomic E-state index is 0.270. The van der Waals surface area contributed by atoms with Gasteiger partial charge in [0.1, 0.15) is 0 Å². The molecular weight excluding hydrogens is 264 g/mol. The summed E-state index contributed by atoms with van der Waals surface area (Å²) >= 11 is 0. The third kappa shape index (κ3) is 1.89. The Bertz CT molecular complexity index is 657. The van der Waals surface area contributed by atoms with E-state index < -0.39 is 0 Å². The zero-order valence-corrected chi connectivity index (χ0v) is 14.2. The third-order valence-corrected chi connectivity index (χ3v) is 6.12. The normalized spacial score (nSPS) is 27.5. The number of fused-ring (bicyclic) bond motifs is 5. The molecule has 0 heterocycles. The monoisotopic (exact) mass is 290 g/mol. The smallest absolute Gasteiger partial charge is 0.00815 e. The Kier molecular flexibility index (Phi) is 2.86. The van der Waals surface area contributed by atoms with Crippen LogP contribution < -0.4 is 0 Å². The van der Waals surface area contributed by atoms with Crippen LogP contribution in [-0.2, 0) is 10.8 Å². The van der Waals surface area contributed by atoms with Crippen molar-refractivity contribution in [1.82, 2.24) is 0 Å². The fourth-order valence-electron chi connectivity index (χ4n) is 5.13. The molecule has 22 heavy (non-hydrogen) atoms. The van der Waals surface area contributed by atoms with Gasteiger partial charge in [0.15, 0.2) is 0 Å². The highest BCUT2D eigenvalue weighted by Crippen LogP contribution is 2.58. The van der Waals surface area contributed by atoms with Gasteiger partial charge >= 0.3 is 0 Å². The van der Waals surface area contributed by atoms with Crippen molar-refractivity contribution >= 4 is 0 Å². The van der Waals surface area contributed by atoms with Gasteiger partial charge in [0, 0.05) is 0 Å². The molecule has 0 saturated heterocycles. The SMILES string of the molecule is CC1(C)C[C@H]2c3ccccc3C(C)(C)C[C@H]2c2ccccc21. The summed E-state index contributed by atoms with van der Waals surface area (Å²) in [5.41, 5.74) is 6.90. The van der Waals surface area contributed by atoms with Crippen LogP contribution >= 0.6 is 0 Å². The molecule has 0 nitrogen and oxygen atoms in total. The molecule has 0 aromatic heterocycles. The van der Waals surface area contributed by atoms with Crippen LogP contribution in [0.25, 0.3) is 0 Å². The van der Waals surface area contributed by atoms with Crippen molar-refractivity contribution in [3.63, 3.8) is 0 Å². The van der Waals surface area contributed by atoms with Crippen molar-refractivity contribution in [2.45, 2.75) is 63.2 Å². The molecule has 0 heteroatoms. The van der Waals surface area contributed by atoms with E-state index in [-0.39, 0.29) is 10.8 Å². The summed E-state index contributed by atoms with van der Waals surface area (Å²) in [5.74, 6) is 1.35. The van der Waals surface area contributed by atoms with Crippen molar-refractivity contribution in [3.8, 4) is 0 Å². The first-order chi connectivity index (χ1) is 10.4. The maximum absolute atomic E-state index is 2.42. The molecule has 0 amide bonds. The second-order valence-electron chi connectivity index (χ2n) is 8.56. The highest BCUT2D eigenvalue weighted by atomic mass is 14.5. The fraction of sp³-hybridized carbons (Fsp3) is 0.455. The maximum atomic E-state index is 2.42. The Morgan fingerprint density at radius 1 is 0.636 bits per heavy atom. The summed E-state index contributed by atoms with van der Waals surface area (Å²) in [5, 5.41) is 0. The van der Waals surface area contributed by atoms with Gasteiger partial charge in [-0.05, 0) is 57.8 Å². The molecule has 2 aliphatic carbocycles. The lowest BCUT2D eigenvalue weighted by Gasteiger charge is -2.50. The molecule has 0 radical (unpaired) electrons. The summed E-state index contributed by atoms with van der Waals surface area (Å²) < 4.78 is 0. The molecule has 2 aromatic carbocycles. The molecule has 0 unspecified atom stereocenters. The second kappa shape index (κ2) is 4.47. The summed E-state index contributed by atoms with van der Waals surface area (Å²) in [6.07, 6.45) is 2.53. The average molecular weight is 290 g/mol. The van der Waals surface area contributed by atoms with E-state index in [1.54, 1.807) is 22.3 Å². The van der Waals surface area contributed by atoms with Gasteiger partial charge in [0.25, 0.3) is 0 Å². The fourth-order valence-corrected chi connectivity index (χ4v) is 5.13. The first-order valence-corrected chi connectivity index (χ1v) is 8.59. The van der Waals surface area contributed by atoms with Gasteiger partial charge in [-0.3, -0.25) is 0 Å². The van der Waals surface area contributed by atoms with Gasteiger partial charge in [-0.25, -0.2) is 0 Å². The highest BCUT2D eigenvalue weighted by Gasteiger charge is 2.46. The van der Waals surface area contributed by atoms with E-state index in [1.165, 1.54) is 12.8 Å². The van der Waals surface area contributed by atoms with Crippen LogP contribution in [0.4, 0.5) is 0 Å². The van der Waals surface area contributed by atoms with Crippen LogP contribution in [-0.4, -0.2) is 0 Å². The van der Waals surface area contributed by atoms with Crippen molar-refractivity contribution in [2.75, 3.05) is 0 Å². The molecule has 0 aliphatic heterocycles. The van der Waals surface area contributed by atoms with Gasteiger partial charge in [0.05, 0.1) is 0 Å². The summed E-state index contributed by atoms with van der Waals surface area (Å²) in [4.78, 5) is 0. The van der Waals surface area contributed by atoms with Crippen molar-refractivity contribution < 1.29 is 0 Å². The van der Waals surface area contributed by atoms with Crippen molar-refractivity contribution in [3.05, 3.63) is 70.8 Å². The molecular formula is C22H26. The first-order valence-electron chi connectivity index (χ1n) is 8.59. The van der Waals surface area contributed by atoms with Crippen LogP contribution in [0.1, 0.15) is 74.6 Å². The van der Waals surface area contributed by atoms with E-state index in [0.717, 1.165) is 0 Å². The third-order valence-electron chi connectivity index (χ3n) is 6.12. The summed E-state index contributed by atoms with van der Waals surface area (Å²) in [6, 6.07) is 18.4. The minimum Gasteiger partial charge on any atom is -0.0620 e. The van der Waals surface area contributed by atoms with Crippen LogP contribution in [0.2, 0.25) is 0 Å². The predicted molar refractivity (Wildman–Crippen MR) is 93.7 cm³/mol. The van der Waals surface area contributed by atoms with Crippen LogP contribution in [0, 0.1) is 0 Å². The standard InChI is InChI=1S/C22H26/c1-21(2)13-17-16-10-6-8-12-20(16)22(3,4)14-18(17)15-9-5-7-11-19(15)21/h5-12,17-18H,13-14H2,1-4H3/t17-,18-/m0/s1. The van der Waals surface area contributed by atoms with Crippen molar-refractivity contribution in [1.29, 1.82) is 0 Å². The Balaban J connectivity index is 1.94. The Morgan fingerprint density at radius 3 is 1.41 bits per heavy atom. The second-order valence-corrected chi connectivity index (χ2v) is 8.56. The molecule has 2 atom stereocenters. The quantitative estimate of drug-likeness (QED) is 0.565. The Morgan fingerprint density at radius 2 is 1.00 bits per heavy atom. The first kappa shape index (κ1) is 14.1. The zero-order chi connectivity index (χ0) is 15.5. The van der Waals surface area contributed by atoms with Gasteiger partial charge in [-0.1, -0.05) is 76.2 Å². The minimum atomic E-state index is 0.270. The Hall–Kier alpha value is -1.56. The molecule has 114 valence electrons. The zero-order valence-electron chi connectivity index (χ0n) is 14.2. The van der Waals surface area contributed by atoms with Crippen LogP contribution in [0.15, 0.2) is 48.5 Å². The number of rotatable bonds is 0. The van der Waals surface area contributed by atoms with E-state index in [2.05, 4.69) is 76.2 Å². The molecule has 2 aromatic rings. The van der Waals surface area contributed by atoms with Gasteiger partial charge in [-0.15, -0.1) is 0 Å². The van der Waals surface area contributed by atoms with E-state index in [9.17, 15) is 0 Å². The topological polar surface area (TPSA) is 0 Å². The van der Waals surface area contributed by atoms with Crippen molar-refractivity contribution in [2.24, 2.45) is 0 Å². The lowest BCUT2D eigenvalue weighted by Crippen LogP contribution is -2.39. The van der Waals surface area contributed by atoms with Gasteiger partial charge < -0.3 is 0 Å². The predicted octanol–water partition coefficient (Wildman–Crippen LogP) is 5.92. The largest absolute Gasteiger partial charge is 0.0620 e. The molecule has 2 aliphatic rings. The highest BCUT2D eigenvalue weighted by molar-refractivity contribution is 5.49. The van der Waals surface area contributed by atoms with E-state index in [1.807, 2.05) is 0 Å². The molecule has 0 spiro atoms. The summed E-state index contributed by atoms with van der Waals surface area (Å²) in [6.45, 7) is 9.68. The van der Waals surface area contributed by atoms with Gasteiger partial charge in [0.2, 0.25) is 0 Å². The summed E-state index contributed by atoms with van der Waals surface area (Å²) in [7, 11) is 0. The molecule has 0 fully saturated rings. The molecule has 0 saturated carbocycles. The molecule has 0 N–H and O–H groups in total. The number of hydrogen-bond acceptors (Lipinski definition) is 0. The lowest BCUT2D eigenvalue weighted by molar-refractivity contribution is 0.274. The number of hydrogen-bond donors (Lipinski definition) is 0. The maximum Gasteiger partial charge on any atom is -0.00815 e.